The van der Waals surface area contributed by atoms with Gasteiger partial charge in [0.2, 0.25) is 5.95 Å². The van der Waals surface area contributed by atoms with Crippen LogP contribution >= 0.6 is 11.6 Å². The molecule has 0 amide bonds. The Morgan fingerprint density at radius 2 is 1.78 bits per heavy atom. The molecule has 4 rings (SSSR count). The van der Waals surface area contributed by atoms with Crippen LogP contribution in [0.2, 0.25) is 5.02 Å². The van der Waals surface area contributed by atoms with Gasteiger partial charge >= 0.3 is 5.69 Å². The SMILES string of the molecule is CC(=NNc1nc2c(c(=O)n(C)c(=O)n2C)n1Cc1ccc(Cl)cc1)c1ccccc1O. The zero-order valence-corrected chi connectivity index (χ0v) is 18.5. The van der Waals surface area contributed by atoms with Gasteiger partial charge in [0.25, 0.3) is 5.56 Å². The summed E-state index contributed by atoms with van der Waals surface area (Å²) in [4.78, 5) is 29.8. The number of hydrogen-bond donors (Lipinski definition) is 2. The van der Waals surface area contributed by atoms with E-state index in [0.717, 1.165) is 10.1 Å². The Labute approximate surface area is 187 Å². The summed E-state index contributed by atoms with van der Waals surface area (Å²) in [5, 5.41) is 15.0. The maximum absolute atomic E-state index is 13.0. The van der Waals surface area contributed by atoms with Crippen molar-refractivity contribution in [1.82, 2.24) is 18.7 Å². The van der Waals surface area contributed by atoms with E-state index in [1.165, 1.54) is 11.6 Å². The molecular weight excluding hydrogens is 432 g/mol. The Hall–Kier alpha value is -3.85. The van der Waals surface area contributed by atoms with Gasteiger partial charge in [0.15, 0.2) is 11.2 Å². The number of imidazole rings is 1. The van der Waals surface area contributed by atoms with Gasteiger partial charge in [-0.1, -0.05) is 35.9 Å². The Morgan fingerprint density at radius 1 is 1.09 bits per heavy atom. The molecule has 2 heterocycles. The Balaban J connectivity index is 1.86. The van der Waals surface area contributed by atoms with E-state index in [4.69, 9.17) is 11.6 Å². The molecule has 0 bridgehead atoms. The second-order valence-electron chi connectivity index (χ2n) is 7.35. The Morgan fingerprint density at radius 3 is 2.47 bits per heavy atom. The zero-order chi connectivity index (χ0) is 23.0. The minimum atomic E-state index is -0.473. The first-order chi connectivity index (χ1) is 15.3. The summed E-state index contributed by atoms with van der Waals surface area (Å²) < 4.78 is 4.03. The number of para-hydroxylation sites is 1. The second kappa shape index (κ2) is 8.35. The Bertz CT molecular complexity index is 1460. The van der Waals surface area contributed by atoms with Crippen LogP contribution in [0.5, 0.6) is 5.75 Å². The van der Waals surface area contributed by atoms with E-state index in [-0.39, 0.29) is 22.9 Å². The fraction of sp³-hybridized carbons (Fsp3) is 0.182. The van der Waals surface area contributed by atoms with Crippen LogP contribution in [0, 0.1) is 0 Å². The Kier molecular flexibility index (Phi) is 5.58. The normalized spacial score (nSPS) is 11.8. The highest BCUT2D eigenvalue weighted by atomic mass is 35.5. The number of aromatic nitrogens is 4. The summed E-state index contributed by atoms with van der Waals surface area (Å²) in [6.07, 6.45) is 0. The van der Waals surface area contributed by atoms with E-state index in [1.54, 1.807) is 54.9 Å². The standard InChI is InChI=1S/C22H21ClN6O3/c1-13(16-6-4-5-7-17(16)30)25-26-21-24-19-18(20(31)28(3)22(32)27(19)2)29(21)12-14-8-10-15(23)11-9-14/h4-11,30H,12H2,1-3H3,(H,24,26). The highest BCUT2D eigenvalue weighted by molar-refractivity contribution is 6.30. The number of benzene rings is 2. The minimum Gasteiger partial charge on any atom is -0.507 e. The van der Waals surface area contributed by atoms with Crippen LogP contribution in [0.1, 0.15) is 18.1 Å². The largest absolute Gasteiger partial charge is 0.507 e. The molecule has 2 aromatic carbocycles. The molecule has 0 saturated carbocycles. The molecule has 0 atom stereocenters. The molecule has 32 heavy (non-hydrogen) atoms. The fourth-order valence-corrected chi connectivity index (χ4v) is 3.56. The predicted octanol–water partition coefficient (Wildman–Crippen LogP) is 2.68. The molecule has 0 aliphatic rings. The lowest BCUT2D eigenvalue weighted by Crippen LogP contribution is -2.37. The van der Waals surface area contributed by atoms with Gasteiger partial charge in [-0.15, -0.1) is 0 Å². The van der Waals surface area contributed by atoms with Crippen LogP contribution in [0.25, 0.3) is 11.2 Å². The first-order valence-corrected chi connectivity index (χ1v) is 10.1. The van der Waals surface area contributed by atoms with Crippen LogP contribution in [0.4, 0.5) is 5.95 Å². The molecule has 0 spiro atoms. The second-order valence-corrected chi connectivity index (χ2v) is 7.79. The molecule has 0 aliphatic carbocycles. The van der Waals surface area contributed by atoms with E-state index in [1.807, 2.05) is 12.1 Å². The molecule has 0 radical (unpaired) electrons. The summed E-state index contributed by atoms with van der Waals surface area (Å²) in [7, 11) is 2.99. The number of nitrogens with zero attached hydrogens (tertiary/aromatic N) is 5. The summed E-state index contributed by atoms with van der Waals surface area (Å²) in [6, 6.07) is 14.1. The van der Waals surface area contributed by atoms with Crippen molar-refractivity contribution in [2.45, 2.75) is 13.5 Å². The van der Waals surface area contributed by atoms with Crippen LogP contribution < -0.4 is 16.7 Å². The van der Waals surface area contributed by atoms with Crippen LogP contribution in [0.15, 0.2) is 63.2 Å². The maximum atomic E-state index is 13.0. The first kappa shape index (κ1) is 21.4. The number of hydrazone groups is 1. The third-order valence-corrected chi connectivity index (χ3v) is 5.47. The van der Waals surface area contributed by atoms with E-state index >= 15 is 0 Å². The van der Waals surface area contributed by atoms with Gasteiger partial charge in [-0.2, -0.15) is 10.1 Å². The van der Waals surface area contributed by atoms with Gasteiger partial charge < -0.3 is 5.11 Å². The van der Waals surface area contributed by atoms with E-state index in [2.05, 4.69) is 15.5 Å². The number of fused-ring (bicyclic) bond motifs is 1. The number of hydrogen-bond acceptors (Lipinski definition) is 6. The molecule has 10 heteroatoms. The first-order valence-electron chi connectivity index (χ1n) is 9.77. The fourth-order valence-electron chi connectivity index (χ4n) is 3.43. The van der Waals surface area contributed by atoms with E-state index < -0.39 is 11.2 Å². The number of rotatable bonds is 5. The number of anilines is 1. The summed E-state index contributed by atoms with van der Waals surface area (Å²) >= 11 is 6.00. The van der Waals surface area contributed by atoms with Gasteiger partial charge in [-0.05, 0) is 36.8 Å². The number of phenols is 1. The van der Waals surface area contributed by atoms with Crippen molar-refractivity contribution in [2.24, 2.45) is 19.2 Å². The molecule has 164 valence electrons. The van der Waals surface area contributed by atoms with Crippen molar-refractivity contribution >= 4 is 34.4 Å². The third kappa shape index (κ3) is 3.78. The summed E-state index contributed by atoms with van der Waals surface area (Å²) in [5.41, 5.74) is 4.43. The third-order valence-electron chi connectivity index (χ3n) is 5.22. The predicted molar refractivity (Wildman–Crippen MR) is 125 cm³/mol. The molecule has 0 fully saturated rings. The average molecular weight is 453 g/mol. The molecule has 9 nitrogen and oxygen atoms in total. The summed E-state index contributed by atoms with van der Waals surface area (Å²) in [6.45, 7) is 2.04. The molecular formula is C22H21ClN6O3. The molecule has 0 aliphatic heterocycles. The van der Waals surface area contributed by atoms with Crippen molar-refractivity contribution in [3.8, 4) is 5.75 Å². The highest BCUT2D eigenvalue weighted by Gasteiger charge is 2.19. The van der Waals surface area contributed by atoms with Gasteiger partial charge in [0.05, 0.1) is 12.3 Å². The maximum Gasteiger partial charge on any atom is 0.332 e. The number of aromatic hydroxyl groups is 1. The van der Waals surface area contributed by atoms with Crippen molar-refractivity contribution in [3.63, 3.8) is 0 Å². The van der Waals surface area contributed by atoms with Crippen molar-refractivity contribution in [1.29, 1.82) is 0 Å². The molecule has 2 N–H and O–H groups in total. The van der Waals surface area contributed by atoms with Crippen LogP contribution in [0.3, 0.4) is 0 Å². The van der Waals surface area contributed by atoms with Crippen LogP contribution in [-0.2, 0) is 20.6 Å². The lowest BCUT2D eigenvalue weighted by molar-refractivity contribution is 0.474. The van der Waals surface area contributed by atoms with Crippen molar-refractivity contribution in [3.05, 3.63) is 85.5 Å². The molecule has 2 aromatic heterocycles. The highest BCUT2D eigenvalue weighted by Crippen LogP contribution is 2.20. The quantitative estimate of drug-likeness (QED) is 0.357. The molecule has 0 saturated heterocycles. The summed E-state index contributed by atoms with van der Waals surface area (Å²) in [5.74, 6) is 0.379. The molecule has 0 unspecified atom stereocenters. The number of phenolic OH excluding ortho intramolecular Hbond substituents is 1. The van der Waals surface area contributed by atoms with Gasteiger partial charge in [-0.3, -0.25) is 18.5 Å². The van der Waals surface area contributed by atoms with Crippen molar-refractivity contribution < 1.29 is 5.11 Å². The lowest BCUT2D eigenvalue weighted by atomic mass is 10.1. The van der Waals surface area contributed by atoms with Crippen LogP contribution in [-0.4, -0.2) is 29.5 Å². The van der Waals surface area contributed by atoms with Crippen molar-refractivity contribution in [2.75, 3.05) is 5.43 Å². The van der Waals surface area contributed by atoms with Gasteiger partial charge in [0, 0.05) is 24.7 Å². The molecule has 4 aromatic rings. The van der Waals surface area contributed by atoms with Gasteiger partial charge in [0.1, 0.15) is 5.75 Å². The van der Waals surface area contributed by atoms with Gasteiger partial charge in [-0.25, -0.2) is 10.2 Å². The monoisotopic (exact) mass is 452 g/mol. The number of nitrogens with one attached hydrogen (secondary N) is 1. The smallest absolute Gasteiger partial charge is 0.332 e. The minimum absolute atomic E-state index is 0.0986. The number of aryl methyl sites for hydroxylation is 1. The van der Waals surface area contributed by atoms with E-state index in [9.17, 15) is 14.7 Å². The zero-order valence-electron chi connectivity index (χ0n) is 17.7. The topological polar surface area (TPSA) is 106 Å². The average Bonchev–Trinajstić information content (AvgIpc) is 3.14. The lowest BCUT2D eigenvalue weighted by Gasteiger charge is -2.10. The van der Waals surface area contributed by atoms with E-state index in [0.29, 0.717) is 22.8 Å². The number of halogens is 1.